The lowest BCUT2D eigenvalue weighted by atomic mass is 9.99. The van der Waals surface area contributed by atoms with E-state index in [4.69, 9.17) is 10.5 Å². The van der Waals surface area contributed by atoms with Crippen LogP contribution in [0.3, 0.4) is 0 Å². The molecule has 1 aromatic heterocycles. The van der Waals surface area contributed by atoms with Gasteiger partial charge in [-0.2, -0.15) is 5.10 Å². The highest BCUT2D eigenvalue weighted by atomic mass is 16.5. The van der Waals surface area contributed by atoms with Crippen molar-refractivity contribution >= 4 is 16.8 Å². The topological polar surface area (TPSA) is 87.5 Å². The van der Waals surface area contributed by atoms with E-state index in [1.165, 1.54) is 5.56 Å². The van der Waals surface area contributed by atoms with Crippen LogP contribution in [0.1, 0.15) is 11.1 Å². The molecule has 0 aliphatic carbocycles. The predicted molar refractivity (Wildman–Crippen MR) is 90.4 cm³/mol. The Bertz CT molecular complexity index is 738. The van der Waals surface area contributed by atoms with Gasteiger partial charge >= 0.3 is 0 Å². The molecular weight excluding hydrogens is 306 g/mol. The van der Waals surface area contributed by atoms with Crippen molar-refractivity contribution in [2.75, 3.05) is 39.4 Å². The van der Waals surface area contributed by atoms with Gasteiger partial charge in [-0.15, -0.1) is 0 Å². The number of nitrogens with one attached hydrogen (secondary N) is 1. The van der Waals surface area contributed by atoms with Gasteiger partial charge in [-0.05, 0) is 23.6 Å². The van der Waals surface area contributed by atoms with Crippen LogP contribution in [0.25, 0.3) is 10.9 Å². The summed E-state index contributed by atoms with van der Waals surface area (Å²) in [6.07, 6.45) is 2.43. The number of H-pyrrole nitrogens is 1. The summed E-state index contributed by atoms with van der Waals surface area (Å²) < 4.78 is 5.38. The van der Waals surface area contributed by atoms with Gasteiger partial charge in [0.2, 0.25) is 5.91 Å². The Balaban J connectivity index is 1.57. The van der Waals surface area contributed by atoms with Gasteiger partial charge in [-0.1, -0.05) is 6.07 Å². The zero-order valence-corrected chi connectivity index (χ0v) is 13.7. The van der Waals surface area contributed by atoms with Gasteiger partial charge in [0.05, 0.1) is 31.0 Å². The number of fused-ring (bicyclic) bond motifs is 3. The molecule has 4 rings (SSSR count). The number of carbonyl (C=O) groups excluding carboxylic acids is 1. The number of morpholine rings is 1. The van der Waals surface area contributed by atoms with Gasteiger partial charge in [-0.25, -0.2) is 0 Å². The Labute approximate surface area is 140 Å². The molecular formula is C17H23N5O2. The largest absolute Gasteiger partial charge is 0.379 e. The predicted octanol–water partition coefficient (Wildman–Crippen LogP) is 0.107. The molecule has 0 spiro atoms. The van der Waals surface area contributed by atoms with Crippen LogP contribution in [0, 0.1) is 0 Å². The second-order valence-electron chi connectivity index (χ2n) is 6.56. The Morgan fingerprint density at radius 1 is 1.29 bits per heavy atom. The molecule has 0 bridgehead atoms. The number of aromatic amines is 1. The van der Waals surface area contributed by atoms with E-state index in [2.05, 4.69) is 21.2 Å². The van der Waals surface area contributed by atoms with Gasteiger partial charge in [0.15, 0.2) is 0 Å². The molecule has 1 unspecified atom stereocenters. The normalized spacial score (nSPS) is 22.6. The minimum absolute atomic E-state index is 0.0381. The molecule has 1 atom stereocenters. The second kappa shape index (κ2) is 6.51. The molecule has 128 valence electrons. The number of amides is 1. The third-order valence-corrected chi connectivity index (χ3v) is 5.04. The van der Waals surface area contributed by atoms with Crippen LogP contribution in [-0.4, -0.2) is 71.3 Å². The molecule has 2 aliphatic rings. The SMILES string of the molecule is NC1Cc2ccc3[nH]ncc3c2CN(CCN2CCOCC2)C1=O. The number of carbonyl (C=O) groups is 1. The Kier molecular flexibility index (Phi) is 4.22. The maximum Gasteiger partial charge on any atom is 0.240 e. The number of nitrogens with two attached hydrogens (primary N) is 1. The molecule has 3 heterocycles. The lowest BCUT2D eigenvalue weighted by Gasteiger charge is -2.30. The van der Waals surface area contributed by atoms with Gasteiger partial charge < -0.3 is 15.4 Å². The van der Waals surface area contributed by atoms with E-state index in [0.29, 0.717) is 19.5 Å². The average molecular weight is 329 g/mol. The van der Waals surface area contributed by atoms with Crippen molar-refractivity contribution in [2.24, 2.45) is 5.73 Å². The van der Waals surface area contributed by atoms with Crippen LogP contribution in [0.15, 0.2) is 18.3 Å². The van der Waals surface area contributed by atoms with Crippen molar-refractivity contribution in [3.63, 3.8) is 0 Å². The monoisotopic (exact) mass is 329 g/mol. The quantitative estimate of drug-likeness (QED) is 0.834. The van der Waals surface area contributed by atoms with Crippen molar-refractivity contribution in [2.45, 2.75) is 19.0 Å². The highest BCUT2D eigenvalue weighted by Gasteiger charge is 2.28. The fourth-order valence-corrected chi connectivity index (χ4v) is 3.60. The number of hydrogen-bond donors (Lipinski definition) is 2. The third kappa shape index (κ3) is 2.90. The zero-order chi connectivity index (χ0) is 16.5. The first-order valence-corrected chi connectivity index (χ1v) is 8.50. The third-order valence-electron chi connectivity index (χ3n) is 5.04. The van der Waals surface area contributed by atoms with E-state index in [0.717, 1.165) is 49.3 Å². The Morgan fingerprint density at radius 3 is 2.96 bits per heavy atom. The van der Waals surface area contributed by atoms with Crippen molar-refractivity contribution in [1.82, 2.24) is 20.0 Å². The van der Waals surface area contributed by atoms with E-state index < -0.39 is 6.04 Å². The van der Waals surface area contributed by atoms with Crippen LogP contribution in [0.2, 0.25) is 0 Å². The summed E-state index contributed by atoms with van der Waals surface area (Å²) >= 11 is 0. The van der Waals surface area contributed by atoms with Crippen LogP contribution >= 0.6 is 0 Å². The Hall–Kier alpha value is -1.96. The average Bonchev–Trinajstić information content (AvgIpc) is 3.04. The number of rotatable bonds is 3. The van der Waals surface area contributed by atoms with Crippen LogP contribution in [0.4, 0.5) is 0 Å². The number of ether oxygens (including phenoxy) is 1. The van der Waals surface area contributed by atoms with E-state index in [1.54, 1.807) is 0 Å². The highest BCUT2D eigenvalue weighted by molar-refractivity contribution is 5.87. The summed E-state index contributed by atoms with van der Waals surface area (Å²) in [6.45, 7) is 5.55. The molecule has 7 nitrogen and oxygen atoms in total. The fourth-order valence-electron chi connectivity index (χ4n) is 3.60. The van der Waals surface area contributed by atoms with E-state index in [-0.39, 0.29) is 5.91 Å². The van der Waals surface area contributed by atoms with Crippen LogP contribution in [0.5, 0.6) is 0 Å². The minimum atomic E-state index is -0.472. The van der Waals surface area contributed by atoms with Crippen molar-refractivity contribution in [3.05, 3.63) is 29.5 Å². The van der Waals surface area contributed by atoms with Gasteiger partial charge in [0, 0.05) is 38.1 Å². The molecule has 1 amide bonds. The molecule has 2 aromatic rings. The zero-order valence-electron chi connectivity index (χ0n) is 13.7. The van der Waals surface area contributed by atoms with Gasteiger partial charge in [0.1, 0.15) is 0 Å². The molecule has 2 aliphatic heterocycles. The second-order valence-corrected chi connectivity index (χ2v) is 6.56. The maximum absolute atomic E-state index is 12.7. The first-order chi connectivity index (χ1) is 11.7. The number of benzene rings is 1. The summed E-state index contributed by atoms with van der Waals surface area (Å²) in [6, 6.07) is 3.61. The molecule has 1 saturated heterocycles. The molecule has 3 N–H and O–H groups in total. The summed E-state index contributed by atoms with van der Waals surface area (Å²) in [4.78, 5) is 16.9. The van der Waals surface area contributed by atoms with E-state index >= 15 is 0 Å². The van der Waals surface area contributed by atoms with E-state index in [1.807, 2.05) is 17.2 Å². The molecule has 7 heteroatoms. The number of aromatic nitrogens is 2. The summed E-state index contributed by atoms with van der Waals surface area (Å²) in [5.74, 6) is 0.0381. The van der Waals surface area contributed by atoms with Gasteiger partial charge in [-0.3, -0.25) is 14.8 Å². The standard InChI is InChI=1S/C17H23N5O2/c18-15-9-12-1-2-16-13(10-19-20-16)14(12)11-22(17(15)23)4-3-21-5-7-24-8-6-21/h1-2,10,15H,3-9,11,18H2,(H,19,20). The fraction of sp³-hybridized carbons (Fsp3) is 0.529. The van der Waals surface area contributed by atoms with Crippen LogP contribution in [-0.2, 0) is 22.5 Å². The van der Waals surface area contributed by atoms with E-state index in [9.17, 15) is 4.79 Å². The molecule has 0 radical (unpaired) electrons. The lowest BCUT2D eigenvalue weighted by molar-refractivity contribution is -0.133. The van der Waals surface area contributed by atoms with Crippen molar-refractivity contribution in [1.29, 1.82) is 0 Å². The summed E-state index contributed by atoms with van der Waals surface area (Å²) in [7, 11) is 0. The molecule has 24 heavy (non-hydrogen) atoms. The van der Waals surface area contributed by atoms with Crippen molar-refractivity contribution in [3.8, 4) is 0 Å². The first kappa shape index (κ1) is 15.6. The summed E-state index contributed by atoms with van der Waals surface area (Å²) in [5.41, 5.74) is 9.49. The molecule has 0 saturated carbocycles. The van der Waals surface area contributed by atoms with Gasteiger partial charge in [0.25, 0.3) is 0 Å². The molecule has 1 fully saturated rings. The minimum Gasteiger partial charge on any atom is -0.379 e. The van der Waals surface area contributed by atoms with Crippen LogP contribution < -0.4 is 5.73 Å². The van der Waals surface area contributed by atoms with Crippen molar-refractivity contribution < 1.29 is 9.53 Å². The number of nitrogens with zero attached hydrogens (tertiary/aromatic N) is 3. The lowest BCUT2D eigenvalue weighted by Crippen LogP contribution is -2.47. The molecule has 1 aromatic carbocycles. The summed E-state index contributed by atoms with van der Waals surface area (Å²) in [5, 5.41) is 8.23. The first-order valence-electron chi connectivity index (χ1n) is 8.50. The smallest absolute Gasteiger partial charge is 0.240 e. The highest BCUT2D eigenvalue weighted by Crippen LogP contribution is 2.26. The maximum atomic E-state index is 12.7. The number of hydrogen-bond acceptors (Lipinski definition) is 5. The Morgan fingerprint density at radius 2 is 2.12 bits per heavy atom.